The fraction of sp³-hybridized carbons (Fsp3) is 0.400. The topological polar surface area (TPSA) is 85.8 Å². The fourth-order valence-corrected chi connectivity index (χ4v) is 4.78. The first kappa shape index (κ1) is 22.0. The largest absolute Gasteiger partial charge is 0.343 e. The summed E-state index contributed by atoms with van der Waals surface area (Å²) in [5.74, 6) is -0.441. The Morgan fingerprint density at radius 1 is 1.28 bits per heavy atom. The van der Waals surface area contributed by atoms with Crippen LogP contribution in [0.3, 0.4) is 0 Å². The third-order valence-electron chi connectivity index (χ3n) is 6.50. The van der Waals surface area contributed by atoms with Crippen molar-refractivity contribution < 1.29 is 9.59 Å². The zero-order chi connectivity index (χ0) is 22.8. The minimum Gasteiger partial charge on any atom is -0.343 e. The molecule has 7 nitrogen and oxygen atoms in total. The summed E-state index contributed by atoms with van der Waals surface area (Å²) >= 11 is 0. The lowest BCUT2D eigenvalue weighted by molar-refractivity contribution is -0.114. The molecule has 2 heterocycles. The third-order valence-corrected chi connectivity index (χ3v) is 6.50. The number of anilines is 1. The third kappa shape index (κ3) is 4.12. The molecule has 0 spiro atoms. The Hall–Kier alpha value is -3.19. The highest BCUT2D eigenvalue weighted by molar-refractivity contribution is 6.46. The molecule has 3 N–H and O–H groups in total. The first-order valence-corrected chi connectivity index (χ1v) is 11.2. The molecule has 32 heavy (non-hydrogen) atoms. The maximum atomic E-state index is 12.5. The number of benzene rings is 1. The average Bonchev–Trinajstić information content (AvgIpc) is 2.75. The normalized spacial score (nSPS) is 25.1. The predicted octanol–water partition coefficient (Wildman–Crippen LogP) is 3.56. The molecule has 0 bridgehead atoms. The summed E-state index contributed by atoms with van der Waals surface area (Å²) in [6.45, 7) is 11.4. The second-order valence-corrected chi connectivity index (χ2v) is 8.52. The van der Waals surface area contributed by atoms with Gasteiger partial charge in [-0.05, 0) is 74.4 Å². The van der Waals surface area contributed by atoms with E-state index in [2.05, 4.69) is 64.5 Å². The van der Waals surface area contributed by atoms with Crippen molar-refractivity contribution in [3.63, 3.8) is 0 Å². The molecule has 4 rings (SSSR count). The Bertz CT molecular complexity index is 1050. The molecule has 0 aromatic heterocycles. The fourth-order valence-electron chi connectivity index (χ4n) is 4.78. The number of imide groups is 1. The number of aliphatic imine (C=N–C) groups is 1. The molecule has 1 saturated heterocycles. The molecular formula is C25H31N5O2. The number of amides is 3. The van der Waals surface area contributed by atoms with E-state index < -0.39 is 18.1 Å². The standard InChI is InChI=1S/C25H31N5O2/c1-5-8-17-9-7-10-19(18(17)6-2)26-11-12-30-21-14-16(4)15(3)13-20(21)27-22-23(30)28-25(32)29-24(22)31/h5-6,8,13-14,19,23,26H,1,7,9-12H2,2-4H3,(H2,28,29,31,32)/b17-8-,18-6+/t19?,23-/m0/s1. The van der Waals surface area contributed by atoms with E-state index in [1.54, 1.807) is 0 Å². The van der Waals surface area contributed by atoms with Crippen molar-refractivity contribution in [1.82, 2.24) is 16.0 Å². The number of nitrogens with zero attached hydrogens (tertiary/aromatic N) is 2. The van der Waals surface area contributed by atoms with Gasteiger partial charge in [0.05, 0.1) is 11.4 Å². The molecule has 1 saturated carbocycles. The predicted molar refractivity (Wildman–Crippen MR) is 128 cm³/mol. The lowest BCUT2D eigenvalue weighted by Gasteiger charge is -2.40. The lowest BCUT2D eigenvalue weighted by atomic mass is 9.85. The highest BCUT2D eigenvalue weighted by atomic mass is 16.2. The number of carbonyl (C=O) groups is 2. The van der Waals surface area contributed by atoms with Crippen molar-refractivity contribution in [3.8, 4) is 0 Å². The van der Waals surface area contributed by atoms with E-state index in [4.69, 9.17) is 0 Å². The first-order valence-electron chi connectivity index (χ1n) is 11.2. The van der Waals surface area contributed by atoms with Gasteiger partial charge in [0, 0.05) is 19.1 Å². The second-order valence-electron chi connectivity index (χ2n) is 8.52. The number of carbonyl (C=O) groups excluding carboxylic acids is 2. The van der Waals surface area contributed by atoms with Crippen LogP contribution < -0.4 is 20.9 Å². The van der Waals surface area contributed by atoms with E-state index in [-0.39, 0.29) is 6.04 Å². The van der Waals surface area contributed by atoms with E-state index >= 15 is 0 Å². The Morgan fingerprint density at radius 2 is 2.06 bits per heavy atom. The number of aryl methyl sites for hydroxylation is 2. The smallest absolute Gasteiger partial charge is 0.323 e. The first-order chi connectivity index (χ1) is 15.4. The maximum absolute atomic E-state index is 12.5. The van der Waals surface area contributed by atoms with Gasteiger partial charge in [-0.3, -0.25) is 10.1 Å². The van der Waals surface area contributed by atoms with Crippen LogP contribution in [-0.2, 0) is 4.79 Å². The molecule has 2 aliphatic heterocycles. The van der Waals surface area contributed by atoms with E-state index in [0.717, 1.165) is 41.8 Å². The van der Waals surface area contributed by atoms with Crippen molar-refractivity contribution in [2.24, 2.45) is 4.99 Å². The molecule has 7 heteroatoms. The van der Waals surface area contributed by atoms with Crippen LogP contribution in [0.15, 0.2) is 53.1 Å². The van der Waals surface area contributed by atoms with E-state index in [9.17, 15) is 9.59 Å². The van der Waals surface area contributed by atoms with Crippen molar-refractivity contribution in [3.05, 3.63) is 59.2 Å². The van der Waals surface area contributed by atoms with Crippen LogP contribution in [-0.4, -0.2) is 42.9 Å². The van der Waals surface area contributed by atoms with Crippen LogP contribution in [0.1, 0.15) is 37.3 Å². The van der Waals surface area contributed by atoms with Crippen LogP contribution in [0.2, 0.25) is 0 Å². The highest BCUT2D eigenvalue weighted by Gasteiger charge is 2.39. The van der Waals surface area contributed by atoms with Gasteiger partial charge in [0.15, 0.2) is 6.17 Å². The molecule has 1 aromatic rings. The van der Waals surface area contributed by atoms with E-state index in [1.165, 1.54) is 11.1 Å². The molecule has 1 aliphatic carbocycles. The number of nitrogens with one attached hydrogen (secondary N) is 3. The minimum absolute atomic E-state index is 0.279. The van der Waals surface area contributed by atoms with Gasteiger partial charge in [0.2, 0.25) is 0 Å². The summed E-state index contributed by atoms with van der Waals surface area (Å²) in [5, 5.41) is 8.88. The summed E-state index contributed by atoms with van der Waals surface area (Å²) in [4.78, 5) is 31.2. The molecule has 168 valence electrons. The molecule has 3 aliphatic rings. The summed E-state index contributed by atoms with van der Waals surface area (Å²) in [6, 6.07) is 3.88. The summed E-state index contributed by atoms with van der Waals surface area (Å²) < 4.78 is 0. The van der Waals surface area contributed by atoms with Crippen LogP contribution in [0.5, 0.6) is 0 Å². The van der Waals surface area contributed by atoms with Crippen molar-refractivity contribution >= 4 is 29.0 Å². The Labute approximate surface area is 189 Å². The molecule has 0 radical (unpaired) electrons. The number of hydrogen-bond donors (Lipinski definition) is 3. The summed E-state index contributed by atoms with van der Waals surface area (Å²) in [6.07, 6.45) is 8.86. The monoisotopic (exact) mass is 433 g/mol. The molecular weight excluding hydrogens is 402 g/mol. The van der Waals surface area contributed by atoms with Gasteiger partial charge in [-0.15, -0.1) is 0 Å². The van der Waals surface area contributed by atoms with Crippen molar-refractivity contribution in [2.45, 2.75) is 52.2 Å². The number of rotatable bonds is 5. The average molecular weight is 434 g/mol. The number of allylic oxidation sites excluding steroid dienone is 3. The molecule has 2 atom stereocenters. The lowest BCUT2D eigenvalue weighted by Crippen LogP contribution is -2.66. The Kier molecular flexibility index (Phi) is 6.28. The van der Waals surface area contributed by atoms with Crippen molar-refractivity contribution in [2.75, 3.05) is 18.0 Å². The van der Waals surface area contributed by atoms with Gasteiger partial charge in [0.1, 0.15) is 5.71 Å². The van der Waals surface area contributed by atoms with Crippen LogP contribution in [0, 0.1) is 13.8 Å². The van der Waals surface area contributed by atoms with Crippen LogP contribution in [0.4, 0.5) is 16.2 Å². The Morgan fingerprint density at radius 3 is 2.81 bits per heavy atom. The van der Waals surface area contributed by atoms with E-state index in [0.29, 0.717) is 18.8 Å². The van der Waals surface area contributed by atoms with Gasteiger partial charge in [-0.1, -0.05) is 24.8 Å². The molecule has 1 unspecified atom stereocenters. The minimum atomic E-state index is -0.573. The quantitative estimate of drug-likeness (QED) is 0.663. The summed E-state index contributed by atoms with van der Waals surface area (Å²) in [7, 11) is 0. The van der Waals surface area contributed by atoms with Gasteiger partial charge in [-0.2, -0.15) is 0 Å². The highest BCUT2D eigenvalue weighted by Crippen LogP contribution is 2.37. The number of fused-ring (bicyclic) bond motifs is 2. The van der Waals surface area contributed by atoms with Gasteiger partial charge < -0.3 is 15.5 Å². The van der Waals surface area contributed by atoms with Gasteiger partial charge in [-0.25, -0.2) is 9.79 Å². The summed E-state index contributed by atoms with van der Waals surface area (Å²) in [5.41, 5.74) is 6.94. The van der Waals surface area contributed by atoms with Gasteiger partial charge in [0.25, 0.3) is 5.91 Å². The zero-order valence-corrected chi connectivity index (χ0v) is 19.0. The zero-order valence-electron chi connectivity index (χ0n) is 19.0. The number of urea groups is 1. The van der Waals surface area contributed by atoms with E-state index in [1.807, 2.05) is 19.1 Å². The van der Waals surface area contributed by atoms with Gasteiger partial charge >= 0.3 is 6.03 Å². The van der Waals surface area contributed by atoms with Crippen LogP contribution in [0.25, 0.3) is 0 Å². The SMILES string of the molecule is C=C/C=C1/CCCC(NCCN2c3cc(C)c(C)cc3N=C3C(=O)NC(=O)N[C@H]32)/C1=C/C. The number of hydrogen-bond acceptors (Lipinski definition) is 5. The Balaban J connectivity index is 1.57. The van der Waals surface area contributed by atoms with Crippen molar-refractivity contribution in [1.29, 1.82) is 0 Å². The molecule has 2 fully saturated rings. The second kappa shape index (κ2) is 9.12. The molecule has 3 amide bonds. The molecule has 1 aromatic carbocycles. The van der Waals surface area contributed by atoms with Crippen LogP contribution >= 0.6 is 0 Å². The maximum Gasteiger partial charge on any atom is 0.323 e.